The average molecular weight is 264 g/mol. The van der Waals surface area contributed by atoms with Crippen molar-refractivity contribution in [2.75, 3.05) is 5.73 Å². The molecule has 0 saturated heterocycles. The Morgan fingerprint density at radius 1 is 1.50 bits per heavy atom. The molecule has 0 spiro atoms. The highest BCUT2D eigenvalue weighted by atomic mass is 35.5. The number of nitrogen functional groups attached to an aromatic ring is 1. The molecule has 0 amide bonds. The first kappa shape index (κ1) is 11.5. The van der Waals surface area contributed by atoms with E-state index in [-0.39, 0.29) is 0 Å². The topological polar surface area (TPSA) is 69.6 Å². The summed E-state index contributed by atoms with van der Waals surface area (Å²) in [6.45, 7) is 3.06. The van der Waals surface area contributed by atoms with E-state index in [1.807, 2.05) is 6.07 Å². The van der Waals surface area contributed by atoms with Crippen molar-refractivity contribution >= 4 is 17.3 Å². The summed E-state index contributed by atoms with van der Waals surface area (Å²) in [7, 11) is 0. The number of halogens is 1. The Bertz CT molecular complexity index is 559. The number of tetrazole rings is 1. The van der Waals surface area contributed by atoms with Crippen LogP contribution in [-0.4, -0.2) is 20.2 Å². The van der Waals surface area contributed by atoms with Crippen LogP contribution in [-0.2, 0) is 6.54 Å². The van der Waals surface area contributed by atoms with Crippen LogP contribution in [0.2, 0.25) is 5.02 Å². The Morgan fingerprint density at radius 3 is 2.94 bits per heavy atom. The van der Waals surface area contributed by atoms with E-state index < -0.39 is 0 Å². The first-order valence-corrected chi connectivity index (χ1v) is 6.35. The number of benzene rings is 1. The van der Waals surface area contributed by atoms with Gasteiger partial charge >= 0.3 is 0 Å². The van der Waals surface area contributed by atoms with Gasteiger partial charge in [-0.2, -0.15) is 0 Å². The third kappa shape index (κ3) is 1.95. The minimum atomic E-state index is 0.579. The maximum atomic E-state index is 6.18. The van der Waals surface area contributed by atoms with Crippen molar-refractivity contribution in [3.8, 4) is 11.4 Å². The fraction of sp³-hybridized carbons (Fsp3) is 0.417. The van der Waals surface area contributed by atoms with Crippen LogP contribution >= 0.6 is 11.6 Å². The molecule has 1 aliphatic rings. The Morgan fingerprint density at radius 2 is 2.28 bits per heavy atom. The first-order chi connectivity index (χ1) is 8.66. The van der Waals surface area contributed by atoms with E-state index in [4.69, 9.17) is 17.3 Å². The summed E-state index contributed by atoms with van der Waals surface area (Å²) in [5.74, 6) is 2.07. The first-order valence-electron chi connectivity index (χ1n) is 5.97. The van der Waals surface area contributed by atoms with Crippen molar-refractivity contribution in [1.82, 2.24) is 20.2 Å². The molecule has 0 radical (unpaired) electrons. The lowest BCUT2D eigenvalue weighted by Gasteiger charge is -2.08. The average Bonchev–Trinajstić information content (AvgIpc) is 2.84. The number of rotatable bonds is 3. The summed E-state index contributed by atoms with van der Waals surface area (Å²) in [5, 5.41) is 12.4. The monoisotopic (exact) mass is 263 g/mol. The molecule has 1 heterocycles. The molecule has 1 aromatic carbocycles. The molecule has 1 saturated carbocycles. The molecular weight excluding hydrogens is 250 g/mol. The van der Waals surface area contributed by atoms with Crippen molar-refractivity contribution in [3.05, 3.63) is 23.2 Å². The van der Waals surface area contributed by atoms with Crippen molar-refractivity contribution in [2.45, 2.75) is 19.9 Å². The zero-order chi connectivity index (χ0) is 12.7. The van der Waals surface area contributed by atoms with Crippen molar-refractivity contribution < 1.29 is 0 Å². The molecule has 2 atom stereocenters. The summed E-state index contributed by atoms with van der Waals surface area (Å²) in [6, 6.07) is 5.42. The Balaban J connectivity index is 1.99. The number of anilines is 1. The highest BCUT2D eigenvalue weighted by Gasteiger charge is 2.34. The van der Waals surface area contributed by atoms with E-state index in [2.05, 4.69) is 22.4 Å². The highest BCUT2D eigenvalue weighted by molar-refractivity contribution is 6.33. The normalized spacial score (nSPS) is 22.1. The molecular formula is C12H14ClN5. The summed E-state index contributed by atoms with van der Waals surface area (Å²) < 4.78 is 1.80. The van der Waals surface area contributed by atoms with Gasteiger partial charge in [0, 0.05) is 12.2 Å². The van der Waals surface area contributed by atoms with Crippen LogP contribution in [0.1, 0.15) is 13.3 Å². The van der Waals surface area contributed by atoms with E-state index in [1.54, 1.807) is 16.8 Å². The van der Waals surface area contributed by atoms with E-state index in [0.29, 0.717) is 22.5 Å². The zero-order valence-electron chi connectivity index (χ0n) is 10.0. The number of nitrogens with zero attached hydrogens (tertiary/aromatic N) is 4. The third-order valence-corrected chi connectivity index (χ3v) is 3.80. The van der Waals surface area contributed by atoms with Gasteiger partial charge in [0.1, 0.15) is 0 Å². The van der Waals surface area contributed by atoms with Gasteiger partial charge in [0.2, 0.25) is 0 Å². The number of hydrogen-bond donors (Lipinski definition) is 1. The van der Waals surface area contributed by atoms with Crippen LogP contribution in [0.5, 0.6) is 0 Å². The van der Waals surface area contributed by atoms with Crippen LogP contribution < -0.4 is 5.73 Å². The lowest BCUT2D eigenvalue weighted by atomic mass is 10.1. The van der Waals surface area contributed by atoms with E-state index in [9.17, 15) is 0 Å². The quantitative estimate of drug-likeness (QED) is 0.862. The van der Waals surface area contributed by atoms with Gasteiger partial charge in [-0.3, -0.25) is 0 Å². The molecule has 18 heavy (non-hydrogen) atoms. The Labute approximate surface area is 110 Å². The minimum Gasteiger partial charge on any atom is -0.398 e. The van der Waals surface area contributed by atoms with Crippen molar-refractivity contribution in [3.63, 3.8) is 0 Å². The fourth-order valence-corrected chi connectivity index (χ4v) is 2.43. The van der Waals surface area contributed by atoms with Crippen LogP contribution in [0.25, 0.3) is 11.4 Å². The molecule has 1 aliphatic carbocycles. The zero-order valence-corrected chi connectivity index (χ0v) is 10.8. The van der Waals surface area contributed by atoms with Crippen LogP contribution in [0.4, 0.5) is 5.69 Å². The van der Waals surface area contributed by atoms with Crippen molar-refractivity contribution in [1.29, 1.82) is 0 Å². The largest absolute Gasteiger partial charge is 0.398 e. The molecule has 2 N–H and O–H groups in total. The standard InChI is InChI=1S/C12H14ClN5/c1-7-5-8(7)6-18-12(15-16-17-18)11-9(13)3-2-4-10(11)14/h2-4,7-8H,5-6,14H2,1H3. The highest BCUT2D eigenvalue weighted by Crippen LogP contribution is 2.40. The summed E-state index contributed by atoms with van der Waals surface area (Å²) in [6.07, 6.45) is 1.23. The maximum absolute atomic E-state index is 6.18. The molecule has 3 rings (SSSR count). The molecule has 2 aromatic rings. The van der Waals surface area contributed by atoms with E-state index in [1.165, 1.54) is 6.42 Å². The number of nitrogens with two attached hydrogens (primary N) is 1. The Hall–Kier alpha value is -1.62. The van der Waals surface area contributed by atoms with Crippen LogP contribution in [0.3, 0.4) is 0 Å². The molecule has 5 nitrogen and oxygen atoms in total. The van der Waals surface area contributed by atoms with Gasteiger partial charge in [-0.15, -0.1) is 5.10 Å². The molecule has 1 aromatic heterocycles. The summed E-state index contributed by atoms with van der Waals surface area (Å²) in [4.78, 5) is 0. The smallest absolute Gasteiger partial charge is 0.185 e. The Kier molecular flexibility index (Phi) is 2.70. The van der Waals surface area contributed by atoms with Gasteiger partial charge in [-0.05, 0) is 40.8 Å². The van der Waals surface area contributed by atoms with Gasteiger partial charge < -0.3 is 5.73 Å². The fourth-order valence-electron chi connectivity index (χ4n) is 2.16. The van der Waals surface area contributed by atoms with Crippen LogP contribution in [0, 0.1) is 11.8 Å². The molecule has 0 bridgehead atoms. The van der Waals surface area contributed by atoms with Gasteiger partial charge in [0.25, 0.3) is 0 Å². The number of hydrogen-bond acceptors (Lipinski definition) is 4. The van der Waals surface area contributed by atoms with Gasteiger partial charge in [0.05, 0.1) is 10.6 Å². The molecule has 94 valence electrons. The SMILES string of the molecule is CC1CC1Cn1nnnc1-c1c(N)cccc1Cl. The predicted molar refractivity (Wildman–Crippen MR) is 69.9 cm³/mol. The second kappa shape index (κ2) is 4.24. The van der Waals surface area contributed by atoms with Crippen molar-refractivity contribution in [2.24, 2.45) is 11.8 Å². The second-order valence-electron chi connectivity index (χ2n) is 4.86. The van der Waals surface area contributed by atoms with E-state index in [0.717, 1.165) is 18.0 Å². The second-order valence-corrected chi connectivity index (χ2v) is 5.27. The van der Waals surface area contributed by atoms with Gasteiger partial charge in [0.15, 0.2) is 5.82 Å². The molecule has 1 fully saturated rings. The maximum Gasteiger partial charge on any atom is 0.185 e. The van der Waals surface area contributed by atoms with Gasteiger partial charge in [-0.25, -0.2) is 4.68 Å². The predicted octanol–water partition coefficient (Wildman–Crippen LogP) is 2.23. The third-order valence-electron chi connectivity index (χ3n) is 3.48. The summed E-state index contributed by atoms with van der Waals surface area (Å²) in [5.41, 5.74) is 7.28. The van der Waals surface area contributed by atoms with Gasteiger partial charge in [-0.1, -0.05) is 24.6 Å². The number of aromatic nitrogens is 4. The molecule has 0 aliphatic heterocycles. The van der Waals surface area contributed by atoms with Crippen LogP contribution in [0.15, 0.2) is 18.2 Å². The summed E-state index contributed by atoms with van der Waals surface area (Å²) >= 11 is 6.18. The molecule has 2 unspecified atom stereocenters. The minimum absolute atomic E-state index is 0.579. The molecule has 6 heteroatoms. The lowest BCUT2D eigenvalue weighted by molar-refractivity contribution is 0.528. The van der Waals surface area contributed by atoms with E-state index >= 15 is 0 Å². The lowest BCUT2D eigenvalue weighted by Crippen LogP contribution is -2.06.